The first kappa shape index (κ1) is 22.9. The summed E-state index contributed by atoms with van der Waals surface area (Å²) in [6.45, 7) is 1.50. The molecule has 2 aliphatic rings. The van der Waals surface area contributed by atoms with Gasteiger partial charge < -0.3 is 16.0 Å². The van der Waals surface area contributed by atoms with Gasteiger partial charge in [-0.1, -0.05) is 0 Å². The van der Waals surface area contributed by atoms with Gasteiger partial charge in [-0.05, 0) is 31.9 Å². The first-order valence-electron chi connectivity index (χ1n) is 9.48. The summed E-state index contributed by atoms with van der Waals surface area (Å²) >= 11 is 0. The van der Waals surface area contributed by atoms with Gasteiger partial charge in [-0.3, -0.25) is 10.2 Å². The number of nitrogens with two attached hydrogens (primary N) is 1. The second kappa shape index (κ2) is 7.72. The van der Waals surface area contributed by atoms with Gasteiger partial charge >= 0.3 is 12.4 Å². The van der Waals surface area contributed by atoms with Crippen LogP contribution >= 0.6 is 0 Å². The number of nitrogens with one attached hydrogen (secondary N) is 2. The van der Waals surface area contributed by atoms with E-state index in [0.717, 1.165) is 19.2 Å². The highest BCUT2D eigenvalue weighted by molar-refractivity contribution is 6.10. The number of piperidine rings is 2. The molecule has 2 saturated heterocycles. The Labute approximate surface area is 174 Å². The van der Waals surface area contributed by atoms with Gasteiger partial charge in [0.25, 0.3) is 0 Å². The van der Waals surface area contributed by atoms with Crippen molar-refractivity contribution in [2.75, 3.05) is 18.0 Å². The lowest BCUT2D eigenvalue weighted by Gasteiger charge is -2.41. The maximum Gasteiger partial charge on any atom is 0.417 e. The highest BCUT2D eigenvalue weighted by Gasteiger charge is 2.58. The van der Waals surface area contributed by atoms with Crippen molar-refractivity contribution in [3.05, 3.63) is 35.2 Å². The zero-order valence-electron chi connectivity index (χ0n) is 16.5. The Kier molecular flexibility index (Phi) is 5.70. The van der Waals surface area contributed by atoms with Crippen LogP contribution in [0.2, 0.25) is 0 Å². The number of allylic oxidation sites excluding steroid dienone is 1. The molecule has 1 unspecified atom stereocenters. The van der Waals surface area contributed by atoms with E-state index in [1.54, 1.807) is 4.90 Å². The summed E-state index contributed by atoms with van der Waals surface area (Å²) in [6.07, 6.45) is -8.74. The molecule has 0 aromatic carbocycles. The topological polar surface area (TPSA) is 95.1 Å². The third kappa shape index (κ3) is 4.33. The van der Waals surface area contributed by atoms with Crippen molar-refractivity contribution in [3.8, 4) is 0 Å². The van der Waals surface area contributed by atoms with Crippen molar-refractivity contribution in [1.82, 2.24) is 10.3 Å². The minimum absolute atomic E-state index is 0.0927. The van der Waals surface area contributed by atoms with Crippen LogP contribution in [0.15, 0.2) is 29.6 Å². The molecule has 1 aromatic rings. The summed E-state index contributed by atoms with van der Waals surface area (Å²) in [5, 5.41) is 10.0. The molecule has 2 fully saturated rings. The third-order valence-corrected chi connectivity index (χ3v) is 5.83. The second-order valence-electron chi connectivity index (χ2n) is 7.92. The van der Waals surface area contributed by atoms with E-state index in [1.807, 2.05) is 0 Å². The molecule has 2 aliphatic heterocycles. The summed E-state index contributed by atoms with van der Waals surface area (Å²) in [5.41, 5.74) is 2.16. The van der Waals surface area contributed by atoms with E-state index in [4.69, 9.17) is 11.1 Å². The molecule has 31 heavy (non-hydrogen) atoms. The van der Waals surface area contributed by atoms with Gasteiger partial charge in [-0.2, -0.15) is 26.3 Å². The van der Waals surface area contributed by atoms with E-state index in [1.165, 1.54) is 6.07 Å². The molecule has 3 heterocycles. The van der Waals surface area contributed by atoms with Crippen LogP contribution in [-0.2, 0) is 11.0 Å². The monoisotopic (exact) mass is 449 g/mol. The van der Waals surface area contributed by atoms with E-state index >= 15 is 0 Å². The quantitative estimate of drug-likeness (QED) is 0.602. The van der Waals surface area contributed by atoms with Crippen LogP contribution in [0.25, 0.3) is 0 Å². The summed E-state index contributed by atoms with van der Waals surface area (Å²) in [5.74, 6) is -1.70. The highest BCUT2D eigenvalue weighted by atomic mass is 19.4. The zero-order chi connectivity index (χ0) is 23.2. The number of hydrogen-bond donors (Lipinski definition) is 3. The summed E-state index contributed by atoms with van der Waals surface area (Å²) in [4.78, 5) is 17.2. The minimum atomic E-state index is -4.78. The van der Waals surface area contributed by atoms with Crippen LogP contribution < -0.4 is 16.0 Å². The standard InChI is InChI=1S/C19H21F6N5O/c1-17(19(23,24)25)8-13(31)29-16(27)14(17)15(26)10-4-6-30(7-5-10)12-3-2-11(9-28-12)18(20,21)22/h2-3,9-10H,4-8,26H2,1H3,(H2,27,29,31). The normalized spacial score (nSPS) is 25.5. The fraction of sp³-hybridized carbons (Fsp3) is 0.526. The van der Waals surface area contributed by atoms with Crippen molar-refractivity contribution >= 4 is 17.6 Å². The molecule has 1 atom stereocenters. The molecule has 1 amide bonds. The number of rotatable bonds is 2. The predicted octanol–water partition coefficient (Wildman–Crippen LogP) is 3.60. The molecule has 0 saturated carbocycles. The van der Waals surface area contributed by atoms with E-state index in [-0.39, 0.29) is 5.70 Å². The molecule has 0 bridgehead atoms. The Bertz CT molecular complexity index is 900. The van der Waals surface area contributed by atoms with E-state index < -0.39 is 53.0 Å². The molecular weight excluding hydrogens is 428 g/mol. The van der Waals surface area contributed by atoms with Gasteiger partial charge in [-0.25, -0.2) is 4.98 Å². The van der Waals surface area contributed by atoms with Crippen molar-refractivity contribution in [2.45, 2.75) is 38.5 Å². The SMILES string of the molecule is CC1(C(F)(F)F)CC(=O)NC(=N)C1=C(N)C1CCN(c2ccc(C(F)(F)F)cn2)CC1. The van der Waals surface area contributed by atoms with Gasteiger partial charge in [0.05, 0.1) is 5.56 Å². The maximum absolute atomic E-state index is 13.8. The van der Waals surface area contributed by atoms with Crippen LogP contribution in [0, 0.1) is 16.7 Å². The molecule has 3 rings (SSSR count). The minimum Gasteiger partial charge on any atom is -0.401 e. The van der Waals surface area contributed by atoms with Crippen LogP contribution in [0.4, 0.5) is 32.2 Å². The Hall–Kier alpha value is -2.79. The number of amidine groups is 1. The zero-order valence-corrected chi connectivity index (χ0v) is 16.5. The summed E-state index contributed by atoms with van der Waals surface area (Å²) < 4.78 is 79.4. The van der Waals surface area contributed by atoms with Gasteiger partial charge in [0.2, 0.25) is 5.91 Å². The van der Waals surface area contributed by atoms with Crippen LogP contribution in [-0.4, -0.2) is 36.0 Å². The number of anilines is 1. The number of carbonyl (C=O) groups is 1. The number of pyridine rings is 1. The number of hydrogen-bond acceptors (Lipinski definition) is 5. The van der Waals surface area contributed by atoms with E-state index in [2.05, 4.69) is 10.3 Å². The number of nitrogens with zero attached hydrogens (tertiary/aromatic N) is 2. The van der Waals surface area contributed by atoms with Crippen molar-refractivity contribution in [3.63, 3.8) is 0 Å². The molecule has 0 spiro atoms. The lowest BCUT2D eigenvalue weighted by molar-refractivity contribution is -0.206. The molecule has 170 valence electrons. The number of carbonyl (C=O) groups excluding carboxylic acids is 1. The second-order valence-corrected chi connectivity index (χ2v) is 7.92. The van der Waals surface area contributed by atoms with Gasteiger partial charge in [0.15, 0.2) is 0 Å². The Morgan fingerprint density at radius 2 is 1.84 bits per heavy atom. The fourth-order valence-corrected chi connectivity index (χ4v) is 4.00. The Balaban J connectivity index is 1.80. The predicted molar refractivity (Wildman–Crippen MR) is 100 cm³/mol. The number of halogens is 6. The van der Waals surface area contributed by atoms with Crippen molar-refractivity contribution in [2.24, 2.45) is 17.1 Å². The smallest absolute Gasteiger partial charge is 0.401 e. The largest absolute Gasteiger partial charge is 0.417 e. The molecule has 1 aromatic heterocycles. The lowest BCUT2D eigenvalue weighted by Crippen LogP contribution is -2.53. The molecule has 12 heteroatoms. The van der Waals surface area contributed by atoms with Crippen LogP contribution in [0.1, 0.15) is 31.7 Å². The average molecular weight is 449 g/mol. The van der Waals surface area contributed by atoms with Crippen molar-refractivity contribution in [1.29, 1.82) is 5.41 Å². The number of amides is 1. The van der Waals surface area contributed by atoms with Gasteiger partial charge in [0, 0.05) is 42.9 Å². The molecule has 4 N–H and O–H groups in total. The first-order chi connectivity index (χ1) is 14.2. The van der Waals surface area contributed by atoms with Crippen LogP contribution in [0.3, 0.4) is 0 Å². The highest BCUT2D eigenvalue weighted by Crippen LogP contribution is 2.50. The Morgan fingerprint density at radius 3 is 2.32 bits per heavy atom. The fourth-order valence-electron chi connectivity index (χ4n) is 4.00. The molecular formula is C19H21F6N5O. The summed E-state index contributed by atoms with van der Waals surface area (Å²) in [7, 11) is 0. The van der Waals surface area contributed by atoms with E-state index in [9.17, 15) is 31.1 Å². The molecule has 0 radical (unpaired) electrons. The van der Waals surface area contributed by atoms with E-state index in [0.29, 0.717) is 31.7 Å². The summed E-state index contributed by atoms with van der Waals surface area (Å²) in [6, 6.07) is 2.17. The average Bonchev–Trinajstić information content (AvgIpc) is 2.66. The Morgan fingerprint density at radius 1 is 1.23 bits per heavy atom. The molecule has 0 aliphatic carbocycles. The first-order valence-corrected chi connectivity index (χ1v) is 9.48. The number of aromatic nitrogens is 1. The van der Waals surface area contributed by atoms with Crippen molar-refractivity contribution < 1.29 is 31.1 Å². The van der Waals surface area contributed by atoms with Gasteiger partial charge in [0.1, 0.15) is 17.1 Å². The number of alkyl halides is 6. The lowest BCUT2D eigenvalue weighted by atomic mass is 9.72. The van der Waals surface area contributed by atoms with Gasteiger partial charge in [-0.15, -0.1) is 0 Å². The molecule has 6 nitrogen and oxygen atoms in total. The third-order valence-electron chi connectivity index (χ3n) is 5.83. The maximum atomic E-state index is 13.8. The van der Waals surface area contributed by atoms with Crippen LogP contribution in [0.5, 0.6) is 0 Å².